The van der Waals surface area contributed by atoms with Crippen molar-refractivity contribution in [2.24, 2.45) is 40.4 Å². The summed E-state index contributed by atoms with van der Waals surface area (Å²) in [6, 6.07) is 0. The maximum atomic E-state index is 13.6. The van der Waals surface area contributed by atoms with Crippen molar-refractivity contribution < 1.29 is 19.8 Å². The van der Waals surface area contributed by atoms with E-state index in [0.29, 0.717) is 24.2 Å². The number of hydrogen-bond donors (Lipinski definition) is 2. The molecule has 4 aliphatic carbocycles. The van der Waals surface area contributed by atoms with E-state index in [2.05, 4.69) is 20.8 Å². The van der Waals surface area contributed by atoms with E-state index in [-0.39, 0.29) is 35.2 Å². The number of Topliss-reactive ketones (excluding diaryl/α,β-unsaturated/α-hetero) is 1. The molecule has 0 aliphatic heterocycles. The van der Waals surface area contributed by atoms with Crippen LogP contribution in [0.15, 0.2) is 11.3 Å². The molecule has 0 aromatic rings. The van der Waals surface area contributed by atoms with Gasteiger partial charge in [0, 0.05) is 11.8 Å². The van der Waals surface area contributed by atoms with Gasteiger partial charge in [0.05, 0.1) is 0 Å². The predicted octanol–water partition coefficient (Wildman–Crippen LogP) is 5.52. The van der Waals surface area contributed by atoms with Crippen LogP contribution in [0.1, 0.15) is 85.0 Å². The van der Waals surface area contributed by atoms with Gasteiger partial charge in [-0.3, -0.25) is 9.59 Å². The number of ketones is 1. The van der Waals surface area contributed by atoms with Crippen LogP contribution in [0, 0.1) is 40.4 Å². The lowest BCUT2D eigenvalue weighted by Crippen LogP contribution is -2.53. The number of carbonyl (C=O) groups is 2. The third-order valence-corrected chi connectivity index (χ3v) is 9.49. The second-order valence-corrected chi connectivity index (χ2v) is 10.6. The Kier molecular flexibility index (Phi) is 4.91. The molecular weight excluding hydrogens is 352 g/mol. The Bertz CT molecular complexity index is 709. The Labute approximate surface area is 168 Å². The van der Waals surface area contributed by atoms with E-state index >= 15 is 0 Å². The van der Waals surface area contributed by atoms with E-state index in [9.17, 15) is 14.7 Å². The number of carboxylic acid groups (broad SMARTS) is 1. The number of aliphatic hydroxyl groups excluding tert-OH is 1. The molecule has 4 rings (SSSR count). The number of hydrogen-bond acceptors (Lipinski definition) is 3. The summed E-state index contributed by atoms with van der Waals surface area (Å²) < 4.78 is 0. The van der Waals surface area contributed by atoms with Crippen LogP contribution in [0.5, 0.6) is 0 Å². The topological polar surface area (TPSA) is 74.6 Å². The van der Waals surface area contributed by atoms with Crippen LogP contribution < -0.4 is 0 Å². The van der Waals surface area contributed by atoms with E-state index in [1.807, 2.05) is 0 Å². The Morgan fingerprint density at radius 1 is 1.14 bits per heavy atom. The van der Waals surface area contributed by atoms with Crippen LogP contribution in [0.4, 0.5) is 0 Å². The van der Waals surface area contributed by atoms with Gasteiger partial charge in [-0.15, -0.1) is 0 Å². The Morgan fingerprint density at radius 3 is 2.61 bits per heavy atom. The van der Waals surface area contributed by atoms with E-state index in [4.69, 9.17) is 5.11 Å². The van der Waals surface area contributed by atoms with Crippen molar-refractivity contribution in [3.63, 3.8) is 0 Å². The number of rotatable bonds is 4. The van der Waals surface area contributed by atoms with Gasteiger partial charge in [-0.25, -0.2) is 0 Å². The Hall–Kier alpha value is -1.32. The molecule has 4 aliphatic rings. The third-order valence-electron chi connectivity index (χ3n) is 9.49. The van der Waals surface area contributed by atoms with Crippen molar-refractivity contribution in [2.75, 3.05) is 0 Å². The maximum Gasteiger partial charge on any atom is 0.303 e. The first-order chi connectivity index (χ1) is 13.2. The molecule has 2 N–H and O–H groups in total. The SMILES string of the molecule is CC(CCC(=O)O)C1CCC2C3CCC4CCCCC4(C)C3=C(O)C(=O)C12C. The van der Waals surface area contributed by atoms with Gasteiger partial charge in [0.15, 0.2) is 5.76 Å². The first-order valence-electron chi connectivity index (χ1n) is 11.4. The lowest BCUT2D eigenvalue weighted by atomic mass is 9.48. The van der Waals surface area contributed by atoms with Crippen molar-refractivity contribution in [2.45, 2.75) is 85.0 Å². The summed E-state index contributed by atoms with van der Waals surface area (Å²) in [4.78, 5) is 24.7. The molecule has 0 heterocycles. The van der Waals surface area contributed by atoms with E-state index < -0.39 is 11.4 Å². The summed E-state index contributed by atoms with van der Waals surface area (Å²) in [7, 11) is 0. The van der Waals surface area contributed by atoms with Crippen LogP contribution in [0.2, 0.25) is 0 Å². The summed E-state index contributed by atoms with van der Waals surface area (Å²) in [5.74, 6) is 0.891. The molecule has 28 heavy (non-hydrogen) atoms. The Morgan fingerprint density at radius 2 is 1.89 bits per heavy atom. The minimum Gasteiger partial charge on any atom is -0.504 e. The molecule has 0 amide bonds. The molecule has 0 spiro atoms. The van der Waals surface area contributed by atoms with Gasteiger partial charge in [-0.05, 0) is 85.5 Å². The number of fused-ring (bicyclic) bond motifs is 5. The number of carbonyl (C=O) groups excluding carboxylic acids is 1. The molecule has 3 fully saturated rings. The minimum atomic E-state index is -0.768. The zero-order chi connectivity index (χ0) is 20.3. The smallest absolute Gasteiger partial charge is 0.303 e. The van der Waals surface area contributed by atoms with Crippen molar-refractivity contribution in [1.29, 1.82) is 0 Å². The van der Waals surface area contributed by atoms with E-state index in [1.165, 1.54) is 25.7 Å². The minimum absolute atomic E-state index is 0.00471. The second kappa shape index (κ2) is 6.88. The average molecular weight is 389 g/mol. The molecule has 0 saturated heterocycles. The first kappa shape index (κ1) is 20.0. The van der Waals surface area contributed by atoms with Crippen LogP contribution in [0.3, 0.4) is 0 Å². The van der Waals surface area contributed by atoms with Crippen LogP contribution in [0.25, 0.3) is 0 Å². The third kappa shape index (κ3) is 2.69. The Balaban J connectivity index is 1.70. The molecule has 4 heteroatoms. The second-order valence-electron chi connectivity index (χ2n) is 10.6. The fourth-order valence-corrected chi connectivity index (χ4v) is 8.02. The normalized spacial score (nSPS) is 43.9. The number of aliphatic carboxylic acids is 1. The number of allylic oxidation sites excluding steroid dienone is 2. The lowest BCUT2D eigenvalue weighted by Gasteiger charge is -2.56. The van der Waals surface area contributed by atoms with Gasteiger partial charge in [0.25, 0.3) is 0 Å². The predicted molar refractivity (Wildman–Crippen MR) is 108 cm³/mol. The molecule has 0 bridgehead atoms. The summed E-state index contributed by atoms with van der Waals surface area (Å²) in [5, 5.41) is 20.3. The maximum absolute atomic E-state index is 13.6. The van der Waals surface area contributed by atoms with Gasteiger partial charge in [-0.2, -0.15) is 0 Å². The summed E-state index contributed by atoms with van der Waals surface area (Å²) in [6.45, 7) is 6.49. The largest absolute Gasteiger partial charge is 0.504 e. The number of aliphatic hydroxyl groups is 1. The molecule has 0 aromatic carbocycles. The van der Waals surface area contributed by atoms with Gasteiger partial charge in [-0.1, -0.05) is 33.6 Å². The molecule has 7 unspecified atom stereocenters. The van der Waals surface area contributed by atoms with Crippen LogP contribution in [-0.2, 0) is 9.59 Å². The highest BCUT2D eigenvalue weighted by molar-refractivity contribution is 6.00. The number of carboxylic acids is 1. The lowest BCUT2D eigenvalue weighted by molar-refractivity contribution is -0.138. The molecule has 0 aromatic heterocycles. The summed E-state index contributed by atoms with van der Waals surface area (Å²) in [6.07, 6.45) is 9.89. The molecule has 7 atom stereocenters. The van der Waals surface area contributed by atoms with Gasteiger partial charge in [0.2, 0.25) is 5.78 Å². The van der Waals surface area contributed by atoms with Crippen molar-refractivity contribution in [1.82, 2.24) is 0 Å². The van der Waals surface area contributed by atoms with Gasteiger partial charge in [0.1, 0.15) is 0 Å². The van der Waals surface area contributed by atoms with E-state index in [0.717, 1.165) is 31.3 Å². The molecule has 4 nitrogen and oxygen atoms in total. The summed E-state index contributed by atoms with van der Waals surface area (Å²) >= 11 is 0. The van der Waals surface area contributed by atoms with Crippen LogP contribution in [-0.4, -0.2) is 22.0 Å². The average Bonchev–Trinajstić information content (AvgIpc) is 3.01. The molecule has 156 valence electrons. The van der Waals surface area contributed by atoms with Crippen molar-refractivity contribution in [3.8, 4) is 0 Å². The van der Waals surface area contributed by atoms with Gasteiger partial charge < -0.3 is 10.2 Å². The zero-order valence-electron chi connectivity index (χ0n) is 17.7. The van der Waals surface area contributed by atoms with Crippen molar-refractivity contribution >= 4 is 11.8 Å². The highest BCUT2D eigenvalue weighted by Gasteiger charge is 2.63. The molecule has 3 saturated carbocycles. The molecule has 0 radical (unpaired) electrons. The van der Waals surface area contributed by atoms with E-state index in [1.54, 1.807) is 0 Å². The highest BCUT2D eigenvalue weighted by atomic mass is 16.4. The highest BCUT2D eigenvalue weighted by Crippen LogP contribution is 2.66. The van der Waals surface area contributed by atoms with Crippen molar-refractivity contribution in [3.05, 3.63) is 11.3 Å². The first-order valence-corrected chi connectivity index (χ1v) is 11.4. The zero-order valence-corrected chi connectivity index (χ0v) is 17.7. The van der Waals surface area contributed by atoms with Gasteiger partial charge >= 0.3 is 5.97 Å². The quantitative estimate of drug-likeness (QED) is 0.665. The monoisotopic (exact) mass is 388 g/mol. The van der Waals surface area contributed by atoms with Crippen LogP contribution >= 0.6 is 0 Å². The standard InChI is InChI=1S/C24H36O4/c1-14(7-12-19(25)26)17-10-11-18-16-9-8-15-6-4-5-13-23(15,2)20(16)21(27)22(28)24(17,18)3/h14-18,27H,4-13H2,1-3H3,(H,25,26). The fourth-order valence-electron chi connectivity index (χ4n) is 8.02. The fraction of sp³-hybridized carbons (Fsp3) is 0.833. The summed E-state index contributed by atoms with van der Waals surface area (Å²) in [5.41, 5.74) is 0.568. The molecular formula is C24H36O4.